The molecule has 0 aliphatic heterocycles. The van der Waals surface area contributed by atoms with Gasteiger partial charge in [-0.1, -0.05) is 25.2 Å². The van der Waals surface area contributed by atoms with Gasteiger partial charge in [0, 0.05) is 17.5 Å². The quantitative estimate of drug-likeness (QED) is 0.629. The number of aromatic nitrogens is 1. The first-order valence-electron chi connectivity index (χ1n) is 7.05. The lowest BCUT2D eigenvalue weighted by atomic mass is 9.94. The van der Waals surface area contributed by atoms with E-state index in [0.717, 1.165) is 23.5 Å². The molecule has 0 radical (unpaired) electrons. The van der Waals surface area contributed by atoms with E-state index >= 15 is 0 Å². The minimum absolute atomic E-state index is 0.000466. The molecule has 1 saturated carbocycles. The maximum absolute atomic E-state index is 12.3. The van der Waals surface area contributed by atoms with Crippen LogP contribution in [0.1, 0.15) is 42.8 Å². The maximum atomic E-state index is 12.3. The minimum Gasteiger partial charge on any atom is -0.325 e. The van der Waals surface area contributed by atoms with E-state index in [0.29, 0.717) is 12.6 Å². The first-order valence-corrected chi connectivity index (χ1v) is 7.93. The molecule has 0 atom stereocenters. The number of thiazole rings is 1. The topological polar surface area (TPSA) is 33.2 Å². The average molecular weight is 288 g/mol. The Bertz CT molecular complexity index is 521. The van der Waals surface area contributed by atoms with Crippen LogP contribution in [0.5, 0.6) is 0 Å². The summed E-state index contributed by atoms with van der Waals surface area (Å²) in [5.41, 5.74) is 0.838. The van der Waals surface area contributed by atoms with Crippen molar-refractivity contribution in [3.8, 4) is 12.3 Å². The molecule has 0 unspecified atom stereocenters. The van der Waals surface area contributed by atoms with Crippen molar-refractivity contribution < 1.29 is 4.79 Å². The Hall–Kier alpha value is -1.60. The number of rotatable bonds is 4. The third kappa shape index (κ3) is 3.94. The van der Waals surface area contributed by atoms with Gasteiger partial charge in [0.2, 0.25) is 5.91 Å². The molecule has 1 fully saturated rings. The van der Waals surface area contributed by atoms with Crippen molar-refractivity contribution in [3.63, 3.8) is 0 Å². The van der Waals surface area contributed by atoms with E-state index in [-0.39, 0.29) is 5.91 Å². The van der Waals surface area contributed by atoms with Crippen molar-refractivity contribution in [3.05, 3.63) is 22.2 Å². The molecule has 0 aromatic carbocycles. The smallest absolute Gasteiger partial charge is 0.247 e. The summed E-state index contributed by atoms with van der Waals surface area (Å²) in [5, 5.41) is 2.95. The van der Waals surface area contributed by atoms with Crippen LogP contribution in [0.4, 0.5) is 0 Å². The monoisotopic (exact) mass is 288 g/mol. The van der Waals surface area contributed by atoms with Crippen molar-refractivity contribution in [1.82, 2.24) is 9.88 Å². The highest BCUT2D eigenvalue weighted by Crippen LogP contribution is 2.22. The molecule has 2 rings (SSSR count). The highest BCUT2D eigenvalue weighted by atomic mass is 32.1. The number of amides is 1. The van der Waals surface area contributed by atoms with Crippen molar-refractivity contribution in [2.45, 2.75) is 45.1 Å². The van der Waals surface area contributed by atoms with Crippen LogP contribution in [0, 0.1) is 19.3 Å². The van der Waals surface area contributed by atoms with Crippen molar-refractivity contribution in [2.75, 3.05) is 6.54 Å². The summed E-state index contributed by atoms with van der Waals surface area (Å²) >= 11 is 1.58. The second kappa shape index (κ2) is 7.25. The number of hydrogen-bond donors (Lipinski definition) is 0. The standard InChI is InChI=1S/C16H20N2OS/c1-3-11-18(15-7-5-4-6-8-15)16(19)10-9-14-12-20-13(2)17-14/h1,9-10,12,15H,4-8,11H2,2H3/b10-9+. The van der Waals surface area contributed by atoms with Crippen LogP contribution >= 0.6 is 11.3 Å². The molecule has 0 N–H and O–H groups in total. The van der Waals surface area contributed by atoms with Crippen LogP contribution in [0.3, 0.4) is 0 Å². The largest absolute Gasteiger partial charge is 0.325 e. The lowest BCUT2D eigenvalue weighted by Gasteiger charge is -2.32. The van der Waals surface area contributed by atoms with E-state index in [1.807, 2.05) is 17.2 Å². The Balaban J connectivity index is 2.02. The van der Waals surface area contributed by atoms with Gasteiger partial charge in [0.05, 0.1) is 17.2 Å². The third-order valence-corrected chi connectivity index (χ3v) is 4.39. The number of hydrogen-bond acceptors (Lipinski definition) is 3. The molecular weight excluding hydrogens is 268 g/mol. The van der Waals surface area contributed by atoms with Crippen molar-refractivity contribution >= 4 is 23.3 Å². The molecule has 20 heavy (non-hydrogen) atoms. The van der Waals surface area contributed by atoms with Gasteiger partial charge in [-0.15, -0.1) is 17.8 Å². The van der Waals surface area contributed by atoms with Gasteiger partial charge in [-0.05, 0) is 25.8 Å². The van der Waals surface area contributed by atoms with Crippen LogP contribution in [-0.2, 0) is 4.79 Å². The molecule has 0 bridgehead atoms. The molecule has 1 heterocycles. The molecule has 4 heteroatoms. The summed E-state index contributed by atoms with van der Waals surface area (Å²) in [6.45, 7) is 2.35. The van der Waals surface area contributed by atoms with E-state index in [1.165, 1.54) is 19.3 Å². The Morgan fingerprint density at radius 1 is 1.55 bits per heavy atom. The van der Waals surface area contributed by atoms with Gasteiger partial charge in [-0.3, -0.25) is 4.79 Å². The molecule has 3 nitrogen and oxygen atoms in total. The van der Waals surface area contributed by atoms with E-state index in [9.17, 15) is 4.79 Å². The molecule has 106 valence electrons. The molecule has 1 aliphatic rings. The van der Waals surface area contributed by atoms with Crippen LogP contribution in [0.2, 0.25) is 0 Å². The lowest BCUT2D eigenvalue weighted by molar-refractivity contribution is -0.128. The predicted molar refractivity (Wildman–Crippen MR) is 83.3 cm³/mol. The van der Waals surface area contributed by atoms with Crippen molar-refractivity contribution in [2.24, 2.45) is 0 Å². The van der Waals surface area contributed by atoms with Gasteiger partial charge in [-0.2, -0.15) is 0 Å². The summed E-state index contributed by atoms with van der Waals surface area (Å²) in [6, 6.07) is 0.300. The zero-order chi connectivity index (χ0) is 14.4. The zero-order valence-electron chi connectivity index (χ0n) is 11.8. The third-order valence-electron chi connectivity index (χ3n) is 3.59. The number of carbonyl (C=O) groups is 1. The minimum atomic E-state index is 0.000466. The number of nitrogens with zero attached hydrogens (tertiary/aromatic N) is 2. The fourth-order valence-corrected chi connectivity index (χ4v) is 3.17. The molecule has 1 aromatic heterocycles. The van der Waals surface area contributed by atoms with Crippen LogP contribution in [0.25, 0.3) is 6.08 Å². The fourth-order valence-electron chi connectivity index (χ4n) is 2.59. The molecule has 0 saturated heterocycles. The first-order chi connectivity index (χ1) is 9.70. The Morgan fingerprint density at radius 3 is 2.90 bits per heavy atom. The zero-order valence-corrected chi connectivity index (χ0v) is 12.7. The molecule has 0 spiro atoms. The Kier molecular flexibility index (Phi) is 5.37. The molecule has 1 amide bonds. The molecular formula is C16H20N2OS. The molecule has 1 aromatic rings. The maximum Gasteiger partial charge on any atom is 0.247 e. The van der Waals surface area contributed by atoms with Gasteiger partial charge in [0.25, 0.3) is 0 Å². The van der Waals surface area contributed by atoms with Gasteiger partial charge in [0.15, 0.2) is 0 Å². The Labute approximate surface area is 124 Å². The van der Waals surface area contributed by atoms with Gasteiger partial charge >= 0.3 is 0 Å². The fraction of sp³-hybridized carbons (Fsp3) is 0.500. The number of carbonyl (C=O) groups excluding carboxylic acids is 1. The van der Waals surface area contributed by atoms with Crippen LogP contribution < -0.4 is 0 Å². The van der Waals surface area contributed by atoms with Crippen molar-refractivity contribution in [1.29, 1.82) is 0 Å². The summed E-state index contributed by atoms with van der Waals surface area (Å²) in [6.07, 6.45) is 14.6. The van der Waals surface area contributed by atoms with Gasteiger partial charge < -0.3 is 4.90 Å². The first kappa shape index (κ1) is 14.8. The van der Waals surface area contributed by atoms with E-state index in [2.05, 4.69) is 10.9 Å². The normalized spacial score (nSPS) is 16.2. The highest BCUT2D eigenvalue weighted by molar-refractivity contribution is 7.09. The Morgan fingerprint density at radius 2 is 2.30 bits per heavy atom. The molecule has 1 aliphatic carbocycles. The highest BCUT2D eigenvalue weighted by Gasteiger charge is 2.23. The second-order valence-electron chi connectivity index (χ2n) is 5.09. The average Bonchev–Trinajstić information content (AvgIpc) is 2.89. The second-order valence-corrected chi connectivity index (χ2v) is 6.15. The number of aryl methyl sites for hydroxylation is 1. The SMILES string of the molecule is C#CCN(C(=O)/C=C/c1csc(C)n1)C1CCCCC1. The number of terminal acetylenes is 1. The summed E-state index contributed by atoms with van der Waals surface area (Å²) in [7, 11) is 0. The summed E-state index contributed by atoms with van der Waals surface area (Å²) in [5.74, 6) is 2.61. The van der Waals surface area contributed by atoms with E-state index < -0.39 is 0 Å². The van der Waals surface area contributed by atoms with Gasteiger partial charge in [-0.25, -0.2) is 4.98 Å². The summed E-state index contributed by atoms with van der Waals surface area (Å²) in [4.78, 5) is 18.5. The summed E-state index contributed by atoms with van der Waals surface area (Å²) < 4.78 is 0. The van der Waals surface area contributed by atoms with E-state index in [4.69, 9.17) is 6.42 Å². The van der Waals surface area contributed by atoms with E-state index in [1.54, 1.807) is 23.5 Å². The van der Waals surface area contributed by atoms with Crippen LogP contribution in [-0.4, -0.2) is 28.4 Å². The van der Waals surface area contributed by atoms with Gasteiger partial charge in [0.1, 0.15) is 0 Å². The predicted octanol–water partition coefficient (Wildman–Crippen LogP) is 3.26. The lowest BCUT2D eigenvalue weighted by Crippen LogP contribution is -2.40. The van der Waals surface area contributed by atoms with Crippen LogP contribution in [0.15, 0.2) is 11.5 Å².